The second-order valence-electron chi connectivity index (χ2n) is 5.99. The Kier molecular flexibility index (Phi) is 4.72. The molecule has 1 saturated heterocycles. The van der Waals surface area contributed by atoms with Crippen LogP contribution in [-0.4, -0.2) is 29.8 Å². The molecule has 0 aliphatic carbocycles. The van der Waals surface area contributed by atoms with Crippen LogP contribution < -0.4 is 10.5 Å². The summed E-state index contributed by atoms with van der Waals surface area (Å²) in [5, 5.41) is 9.25. The number of carboxylic acids is 1. The average molecular weight is 341 g/mol. The van der Waals surface area contributed by atoms with Gasteiger partial charge >= 0.3 is 11.9 Å². The van der Waals surface area contributed by atoms with E-state index in [1.54, 1.807) is 36.4 Å². The first-order chi connectivity index (χ1) is 12.0. The summed E-state index contributed by atoms with van der Waals surface area (Å²) in [6.07, 6.45) is -0.0867. The SMILES string of the molecule is CC(N)c1ccc(C(=O)O)cc1-c1cccc(OC2CCOC2=O)c1. The molecule has 0 radical (unpaired) electrons. The number of esters is 1. The van der Waals surface area contributed by atoms with Gasteiger partial charge in [0.05, 0.1) is 12.2 Å². The zero-order valence-corrected chi connectivity index (χ0v) is 13.8. The minimum Gasteiger partial charge on any atom is -0.479 e. The Morgan fingerprint density at radius 1 is 1.32 bits per heavy atom. The molecule has 1 aliphatic rings. The number of rotatable bonds is 5. The fraction of sp³-hybridized carbons (Fsp3) is 0.263. The average Bonchev–Trinajstić information content (AvgIpc) is 2.99. The molecular formula is C19H19NO5. The predicted molar refractivity (Wildman–Crippen MR) is 91.4 cm³/mol. The van der Waals surface area contributed by atoms with Gasteiger partial charge in [-0.1, -0.05) is 18.2 Å². The van der Waals surface area contributed by atoms with E-state index < -0.39 is 12.1 Å². The summed E-state index contributed by atoms with van der Waals surface area (Å²) >= 11 is 0. The van der Waals surface area contributed by atoms with Crippen molar-refractivity contribution in [3.8, 4) is 16.9 Å². The highest BCUT2D eigenvalue weighted by molar-refractivity contribution is 5.90. The number of benzene rings is 2. The van der Waals surface area contributed by atoms with Gasteiger partial charge in [-0.15, -0.1) is 0 Å². The Morgan fingerprint density at radius 2 is 2.12 bits per heavy atom. The van der Waals surface area contributed by atoms with E-state index in [9.17, 15) is 14.7 Å². The fourth-order valence-electron chi connectivity index (χ4n) is 2.82. The molecule has 0 saturated carbocycles. The molecule has 2 aromatic rings. The zero-order chi connectivity index (χ0) is 18.0. The molecule has 0 amide bonds. The van der Waals surface area contributed by atoms with Gasteiger partial charge in [-0.2, -0.15) is 0 Å². The summed E-state index contributed by atoms with van der Waals surface area (Å²) in [6.45, 7) is 2.20. The number of carbonyl (C=O) groups excluding carboxylic acids is 1. The lowest BCUT2D eigenvalue weighted by Gasteiger charge is -2.16. The van der Waals surface area contributed by atoms with Crippen molar-refractivity contribution in [3.63, 3.8) is 0 Å². The number of ether oxygens (including phenoxy) is 2. The Morgan fingerprint density at radius 3 is 2.76 bits per heavy atom. The summed E-state index contributed by atoms with van der Waals surface area (Å²) in [7, 11) is 0. The van der Waals surface area contributed by atoms with Crippen molar-refractivity contribution in [1.29, 1.82) is 0 Å². The van der Waals surface area contributed by atoms with Crippen LogP contribution in [0.15, 0.2) is 42.5 Å². The third-order valence-corrected chi connectivity index (χ3v) is 4.10. The molecular weight excluding hydrogens is 322 g/mol. The Labute approximate surface area is 145 Å². The molecule has 1 heterocycles. The van der Waals surface area contributed by atoms with Gasteiger partial charge in [0.1, 0.15) is 5.75 Å². The van der Waals surface area contributed by atoms with Crippen molar-refractivity contribution in [3.05, 3.63) is 53.6 Å². The lowest BCUT2D eigenvalue weighted by atomic mass is 9.93. The van der Waals surface area contributed by atoms with Gasteiger partial charge in [0, 0.05) is 12.5 Å². The van der Waals surface area contributed by atoms with Crippen LogP contribution >= 0.6 is 0 Å². The summed E-state index contributed by atoms with van der Waals surface area (Å²) < 4.78 is 10.6. The van der Waals surface area contributed by atoms with Crippen molar-refractivity contribution < 1.29 is 24.2 Å². The number of cyclic esters (lactones) is 1. The first kappa shape index (κ1) is 17.0. The lowest BCUT2D eigenvalue weighted by molar-refractivity contribution is -0.143. The normalized spacial score (nSPS) is 17.8. The zero-order valence-electron chi connectivity index (χ0n) is 13.8. The number of hydrogen-bond acceptors (Lipinski definition) is 5. The Bertz CT molecular complexity index is 815. The second-order valence-corrected chi connectivity index (χ2v) is 5.99. The molecule has 0 spiro atoms. The summed E-state index contributed by atoms with van der Waals surface area (Å²) in [6, 6.07) is 11.8. The number of carbonyl (C=O) groups is 2. The van der Waals surface area contributed by atoms with E-state index in [1.807, 2.05) is 13.0 Å². The molecule has 1 fully saturated rings. The van der Waals surface area contributed by atoms with E-state index in [0.29, 0.717) is 18.8 Å². The van der Waals surface area contributed by atoms with Gasteiger partial charge in [-0.05, 0) is 47.9 Å². The molecule has 6 heteroatoms. The standard InChI is InChI=1S/C19H19NO5/c1-11(20)15-6-5-13(18(21)22)10-16(15)12-3-2-4-14(9-12)25-17-7-8-24-19(17)23/h2-6,9-11,17H,7-8,20H2,1H3,(H,21,22). The quantitative estimate of drug-likeness (QED) is 0.811. The lowest BCUT2D eigenvalue weighted by Crippen LogP contribution is -2.21. The highest BCUT2D eigenvalue weighted by atomic mass is 16.6. The molecule has 3 N–H and O–H groups in total. The maximum absolute atomic E-state index is 11.6. The number of aromatic carboxylic acids is 1. The molecule has 2 unspecified atom stereocenters. The molecule has 2 atom stereocenters. The third kappa shape index (κ3) is 3.64. The summed E-state index contributed by atoms with van der Waals surface area (Å²) in [5.74, 6) is -0.842. The van der Waals surface area contributed by atoms with Crippen molar-refractivity contribution in [2.45, 2.75) is 25.5 Å². The van der Waals surface area contributed by atoms with Crippen molar-refractivity contribution in [1.82, 2.24) is 0 Å². The molecule has 2 aromatic carbocycles. The second kappa shape index (κ2) is 6.94. The maximum Gasteiger partial charge on any atom is 0.347 e. The topological polar surface area (TPSA) is 98.9 Å². The summed E-state index contributed by atoms with van der Waals surface area (Å²) in [5.41, 5.74) is 8.56. The van der Waals surface area contributed by atoms with Crippen LogP contribution in [0.5, 0.6) is 5.75 Å². The molecule has 25 heavy (non-hydrogen) atoms. The van der Waals surface area contributed by atoms with Crippen LogP contribution in [0, 0.1) is 0 Å². The largest absolute Gasteiger partial charge is 0.479 e. The Hall–Kier alpha value is -2.86. The van der Waals surface area contributed by atoms with Crippen LogP contribution in [0.4, 0.5) is 0 Å². The van der Waals surface area contributed by atoms with Gasteiger partial charge in [0.25, 0.3) is 0 Å². The molecule has 0 bridgehead atoms. The number of hydrogen-bond donors (Lipinski definition) is 2. The van der Waals surface area contributed by atoms with E-state index in [4.69, 9.17) is 15.2 Å². The van der Waals surface area contributed by atoms with Gasteiger partial charge in [0.2, 0.25) is 0 Å². The number of nitrogens with two attached hydrogens (primary N) is 1. The van der Waals surface area contributed by atoms with Crippen molar-refractivity contribution in [2.75, 3.05) is 6.61 Å². The predicted octanol–water partition coefficient (Wildman–Crippen LogP) is 2.77. The number of carboxylic acid groups (broad SMARTS) is 1. The van der Waals surface area contributed by atoms with E-state index >= 15 is 0 Å². The van der Waals surface area contributed by atoms with E-state index in [2.05, 4.69) is 0 Å². The van der Waals surface area contributed by atoms with E-state index in [-0.39, 0.29) is 17.6 Å². The first-order valence-corrected chi connectivity index (χ1v) is 8.02. The molecule has 6 nitrogen and oxygen atoms in total. The van der Waals surface area contributed by atoms with Crippen LogP contribution in [0.25, 0.3) is 11.1 Å². The van der Waals surface area contributed by atoms with E-state index in [0.717, 1.165) is 16.7 Å². The smallest absolute Gasteiger partial charge is 0.347 e. The molecule has 1 aliphatic heterocycles. The van der Waals surface area contributed by atoms with Gasteiger partial charge < -0.3 is 20.3 Å². The minimum atomic E-state index is -1.00. The molecule has 3 rings (SSSR count). The van der Waals surface area contributed by atoms with Crippen molar-refractivity contribution in [2.24, 2.45) is 5.73 Å². The van der Waals surface area contributed by atoms with E-state index in [1.165, 1.54) is 0 Å². The van der Waals surface area contributed by atoms with Gasteiger partial charge in [0.15, 0.2) is 6.10 Å². The molecule has 130 valence electrons. The van der Waals surface area contributed by atoms with Crippen molar-refractivity contribution >= 4 is 11.9 Å². The van der Waals surface area contributed by atoms with Gasteiger partial charge in [-0.3, -0.25) is 0 Å². The maximum atomic E-state index is 11.6. The third-order valence-electron chi connectivity index (χ3n) is 4.10. The van der Waals surface area contributed by atoms with Gasteiger partial charge in [-0.25, -0.2) is 9.59 Å². The highest BCUT2D eigenvalue weighted by Gasteiger charge is 2.28. The van der Waals surface area contributed by atoms with Crippen LogP contribution in [0.3, 0.4) is 0 Å². The molecule has 0 aromatic heterocycles. The summed E-state index contributed by atoms with van der Waals surface area (Å²) in [4.78, 5) is 22.9. The fourth-order valence-corrected chi connectivity index (χ4v) is 2.82. The minimum absolute atomic E-state index is 0.185. The van der Waals surface area contributed by atoms with Crippen LogP contribution in [-0.2, 0) is 9.53 Å². The first-order valence-electron chi connectivity index (χ1n) is 8.02. The monoisotopic (exact) mass is 341 g/mol. The highest BCUT2D eigenvalue weighted by Crippen LogP contribution is 2.31. The Balaban J connectivity index is 1.98. The van der Waals surface area contributed by atoms with Crippen LogP contribution in [0.1, 0.15) is 35.3 Å². The van der Waals surface area contributed by atoms with Crippen LogP contribution in [0.2, 0.25) is 0 Å².